The maximum Gasteiger partial charge on any atom is 0.219 e. The molecule has 2 fully saturated rings. The third-order valence-corrected chi connectivity index (χ3v) is 7.06. The monoisotopic (exact) mass is 466 g/mol. The van der Waals surface area contributed by atoms with E-state index >= 15 is 0 Å². The Balaban J connectivity index is 2.09. The van der Waals surface area contributed by atoms with Gasteiger partial charge in [0.15, 0.2) is 5.41 Å². The first-order valence-electron chi connectivity index (χ1n) is 9.52. The molecular weight excluding hydrogens is 451 g/mol. The molecule has 4 rings (SSSR count). The molecule has 2 aromatic rings. The molecule has 2 aromatic carbocycles. The standard InChI is InChI=1S/C23H16Cl2N4O3/c1-21-18(13-6-3-4-9-16(13)30-2)23(12-28,20(29)32-21)22(10-26,11-27)19(31-21)14-7-5-8-15(24)17(14)25/h3-9,18-19,29H,1-2H3. The van der Waals surface area contributed by atoms with Crippen molar-refractivity contribution in [1.82, 2.24) is 0 Å². The van der Waals surface area contributed by atoms with Gasteiger partial charge in [0.05, 0.1) is 41.3 Å². The highest BCUT2D eigenvalue weighted by atomic mass is 35.5. The lowest BCUT2D eigenvalue weighted by Gasteiger charge is -2.49. The zero-order valence-electron chi connectivity index (χ0n) is 17.0. The molecule has 1 N–H and O–H groups in total. The summed E-state index contributed by atoms with van der Waals surface area (Å²) in [5.74, 6) is -2.71. The predicted molar refractivity (Wildman–Crippen MR) is 115 cm³/mol. The van der Waals surface area contributed by atoms with Crippen LogP contribution in [0, 0.1) is 50.2 Å². The van der Waals surface area contributed by atoms with Crippen LogP contribution in [0.3, 0.4) is 0 Å². The van der Waals surface area contributed by atoms with Crippen molar-refractivity contribution in [2.24, 2.45) is 10.8 Å². The molecule has 0 aliphatic carbocycles. The van der Waals surface area contributed by atoms with Crippen molar-refractivity contribution in [2.75, 3.05) is 7.11 Å². The maximum absolute atomic E-state index is 10.5. The Labute approximate surface area is 194 Å². The average molecular weight is 467 g/mol. The van der Waals surface area contributed by atoms with Crippen LogP contribution in [0.15, 0.2) is 42.5 Å². The summed E-state index contributed by atoms with van der Waals surface area (Å²) in [6, 6.07) is 17.7. The molecule has 2 saturated heterocycles. The largest absolute Gasteiger partial charge is 0.496 e. The van der Waals surface area contributed by atoms with E-state index in [-0.39, 0.29) is 15.6 Å². The number of benzene rings is 2. The van der Waals surface area contributed by atoms with Gasteiger partial charge in [0.1, 0.15) is 11.9 Å². The van der Waals surface area contributed by atoms with Crippen LogP contribution in [0.4, 0.5) is 0 Å². The third-order valence-electron chi connectivity index (χ3n) is 6.23. The van der Waals surface area contributed by atoms with Crippen LogP contribution in [0.2, 0.25) is 10.0 Å². The summed E-state index contributed by atoms with van der Waals surface area (Å²) >= 11 is 12.6. The second kappa shape index (κ2) is 7.40. The summed E-state index contributed by atoms with van der Waals surface area (Å²) in [6.07, 6.45) is -1.32. The SMILES string of the molecule is COc1ccccc1C1C2(C)OC(=N)C1(C#N)C(C#N)(C#N)C(c1cccc(Cl)c1Cl)O2. The van der Waals surface area contributed by atoms with Crippen molar-refractivity contribution in [3.8, 4) is 24.0 Å². The molecule has 7 nitrogen and oxygen atoms in total. The summed E-state index contributed by atoms with van der Waals surface area (Å²) in [5, 5.41) is 40.2. The number of hydrogen-bond acceptors (Lipinski definition) is 7. The summed E-state index contributed by atoms with van der Waals surface area (Å²) in [5.41, 5.74) is -3.47. The van der Waals surface area contributed by atoms with Gasteiger partial charge in [-0.3, -0.25) is 5.41 Å². The lowest BCUT2D eigenvalue weighted by molar-refractivity contribution is -0.253. The number of methoxy groups -OCH3 is 1. The van der Waals surface area contributed by atoms with Crippen molar-refractivity contribution < 1.29 is 14.2 Å². The molecule has 4 atom stereocenters. The molecule has 160 valence electrons. The second-order valence-corrected chi connectivity index (χ2v) is 8.50. The first kappa shape index (κ1) is 21.9. The Bertz CT molecular complexity index is 1250. The highest BCUT2D eigenvalue weighted by Gasteiger charge is 2.80. The van der Waals surface area contributed by atoms with Crippen molar-refractivity contribution >= 4 is 29.1 Å². The summed E-state index contributed by atoms with van der Waals surface area (Å²) in [7, 11) is 1.47. The average Bonchev–Trinajstić information content (AvgIpc) is 2.98. The Morgan fingerprint density at radius 1 is 1.00 bits per heavy atom. The quantitative estimate of drug-likeness (QED) is 0.668. The van der Waals surface area contributed by atoms with E-state index in [1.165, 1.54) is 7.11 Å². The molecule has 9 heteroatoms. The van der Waals surface area contributed by atoms with Crippen LogP contribution in [-0.2, 0) is 9.47 Å². The molecule has 2 bridgehead atoms. The molecule has 0 aromatic heterocycles. The van der Waals surface area contributed by atoms with Gasteiger partial charge in [-0.1, -0.05) is 53.5 Å². The van der Waals surface area contributed by atoms with Crippen molar-refractivity contribution in [3.05, 3.63) is 63.6 Å². The number of para-hydroxylation sites is 1. The first-order chi connectivity index (χ1) is 15.3. The molecule has 0 spiro atoms. The van der Waals surface area contributed by atoms with Gasteiger partial charge in [-0.2, -0.15) is 15.8 Å². The number of nitrogens with one attached hydrogen (secondary N) is 1. The first-order valence-corrected chi connectivity index (χ1v) is 10.3. The number of ether oxygens (including phenoxy) is 3. The second-order valence-electron chi connectivity index (χ2n) is 7.71. The number of hydrogen-bond donors (Lipinski definition) is 1. The Hall–Kier alpha value is -3.28. The molecular formula is C23H16Cl2N4O3. The summed E-state index contributed by atoms with van der Waals surface area (Å²) < 4.78 is 17.6. The van der Waals surface area contributed by atoms with E-state index in [1.807, 2.05) is 12.1 Å². The van der Waals surface area contributed by atoms with Crippen LogP contribution in [0.1, 0.15) is 30.1 Å². The predicted octanol–water partition coefficient (Wildman–Crippen LogP) is 5.12. The van der Waals surface area contributed by atoms with Crippen LogP contribution >= 0.6 is 23.2 Å². The topological polar surface area (TPSA) is 123 Å². The maximum atomic E-state index is 10.5. The molecule has 0 saturated carbocycles. The van der Waals surface area contributed by atoms with Crippen LogP contribution in [-0.4, -0.2) is 18.8 Å². The lowest BCUT2D eigenvalue weighted by Crippen LogP contribution is -2.57. The highest BCUT2D eigenvalue weighted by molar-refractivity contribution is 6.42. The fourth-order valence-electron chi connectivity index (χ4n) is 4.86. The van der Waals surface area contributed by atoms with Gasteiger partial charge in [-0.25, -0.2) is 0 Å². The molecule has 32 heavy (non-hydrogen) atoms. The number of rotatable bonds is 3. The summed E-state index contributed by atoms with van der Waals surface area (Å²) in [6.45, 7) is 1.57. The minimum atomic E-state index is -2.19. The van der Waals surface area contributed by atoms with E-state index in [9.17, 15) is 15.8 Å². The number of nitriles is 3. The fourth-order valence-corrected chi connectivity index (χ4v) is 5.26. The van der Waals surface area contributed by atoms with Crippen molar-refractivity contribution in [2.45, 2.75) is 24.7 Å². The fraction of sp³-hybridized carbons (Fsp3) is 0.304. The highest BCUT2D eigenvalue weighted by Crippen LogP contribution is 2.70. The van der Waals surface area contributed by atoms with E-state index in [0.717, 1.165) is 0 Å². The van der Waals surface area contributed by atoms with Crippen molar-refractivity contribution in [1.29, 1.82) is 21.2 Å². The third kappa shape index (κ3) is 2.52. The zero-order valence-corrected chi connectivity index (χ0v) is 18.5. The van der Waals surface area contributed by atoms with Crippen LogP contribution in [0.25, 0.3) is 0 Å². The number of fused-ring (bicyclic) bond motifs is 2. The van der Waals surface area contributed by atoms with E-state index in [2.05, 4.69) is 6.07 Å². The lowest BCUT2D eigenvalue weighted by atomic mass is 9.52. The van der Waals surface area contributed by atoms with Gasteiger partial charge in [0, 0.05) is 18.1 Å². The smallest absolute Gasteiger partial charge is 0.219 e. The van der Waals surface area contributed by atoms with Gasteiger partial charge in [-0.15, -0.1) is 0 Å². The van der Waals surface area contributed by atoms with E-state index in [4.69, 9.17) is 42.8 Å². The van der Waals surface area contributed by atoms with Crippen LogP contribution in [0.5, 0.6) is 5.75 Å². The van der Waals surface area contributed by atoms with E-state index < -0.39 is 34.5 Å². The Morgan fingerprint density at radius 3 is 2.28 bits per heavy atom. The minimum absolute atomic E-state index is 0.0902. The van der Waals surface area contributed by atoms with E-state index in [1.54, 1.807) is 49.4 Å². The van der Waals surface area contributed by atoms with E-state index in [0.29, 0.717) is 11.3 Å². The molecule has 2 heterocycles. The summed E-state index contributed by atoms with van der Waals surface area (Å²) in [4.78, 5) is 0. The van der Waals surface area contributed by atoms with Crippen LogP contribution < -0.4 is 4.74 Å². The van der Waals surface area contributed by atoms with Gasteiger partial charge >= 0.3 is 0 Å². The molecule has 0 amide bonds. The van der Waals surface area contributed by atoms with Gasteiger partial charge < -0.3 is 14.2 Å². The minimum Gasteiger partial charge on any atom is -0.496 e. The number of nitrogens with zero attached hydrogens (tertiary/aromatic N) is 3. The molecule has 2 aliphatic heterocycles. The van der Waals surface area contributed by atoms with Gasteiger partial charge in [0.2, 0.25) is 17.1 Å². The Morgan fingerprint density at radius 2 is 1.66 bits per heavy atom. The Kier molecular flexibility index (Phi) is 5.07. The zero-order chi connectivity index (χ0) is 23.3. The van der Waals surface area contributed by atoms with Gasteiger partial charge in [0.25, 0.3) is 0 Å². The van der Waals surface area contributed by atoms with Gasteiger partial charge in [-0.05, 0) is 12.1 Å². The van der Waals surface area contributed by atoms with Crippen molar-refractivity contribution in [3.63, 3.8) is 0 Å². The number of halogens is 2. The molecule has 2 aliphatic rings. The molecule has 0 radical (unpaired) electrons. The molecule has 4 unspecified atom stereocenters. The normalized spacial score (nSPS) is 29.8.